The number of aryl methyl sites for hydroxylation is 1. The minimum absolute atomic E-state index is 0.0512. The van der Waals surface area contributed by atoms with E-state index < -0.39 is 0 Å². The Labute approximate surface area is 182 Å². The van der Waals surface area contributed by atoms with Crippen molar-refractivity contribution in [3.63, 3.8) is 0 Å². The normalized spacial score (nSPS) is 20.7. The van der Waals surface area contributed by atoms with Gasteiger partial charge in [0.1, 0.15) is 0 Å². The third kappa shape index (κ3) is 6.23. The van der Waals surface area contributed by atoms with Gasteiger partial charge >= 0.3 is 0 Å². The summed E-state index contributed by atoms with van der Waals surface area (Å²) in [6.07, 6.45) is 9.79. The van der Waals surface area contributed by atoms with Crippen molar-refractivity contribution >= 4 is 17.5 Å². The summed E-state index contributed by atoms with van der Waals surface area (Å²) in [5.41, 5.74) is 2.50. The number of rotatable bonds is 8. The number of likely N-dealkylation sites (tertiary alicyclic amines) is 1. The van der Waals surface area contributed by atoms with Crippen molar-refractivity contribution in [3.8, 4) is 0 Å². The first kappa shape index (κ1) is 22.6. The smallest absolute Gasteiger partial charge is 0.225 e. The molecule has 3 rings (SSSR count). The fraction of sp³-hybridized carbons (Fsp3) is 0.680. The van der Waals surface area contributed by atoms with Gasteiger partial charge in [-0.3, -0.25) is 9.59 Å². The van der Waals surface area contributed by atoms with Gasteiger partial charge in [0.05, 0.1) is 5.92 Å². The third-order valence-electron chi connectivity index (χ3n) is 6.70. The third-order valence-corrected chi connectivity index (χ3v) is 6.70. The van der Waals surface area contributed by atoms with Gasteiger partial charge in [0, 0.05) is 44.3 Å². The molecule has 1 aromatic carbocycles. The summed E-state index contributed by atoms with van der Waals surface area (Å²) in [7, 11) is 0. The predicted molar refractivity (Wildman–Crippen MR) is 123 cm³/mol. The van der Waals surface area contributed by atoms with Gasteiger partial charge < -0.3 is 15.1 Å². The minimum Gasteiger partial charge on any atom is -0.372 e. The second-order valence-corrected chi connectivity index (χ2v) is 9.01. The van der Waals surface area contributed by atoms with E-state index in [2.05, 4.69) is 48.3 Å². The van der Waals surface area contributed by atoms with Gasteiger partial charge in [-0.15, -0.1) is 0 Å². The maximum Gasteiger partial charge on any atom is 0.225 e. The van der Waals surface area contributed by atoms with Crippen molar-refractivity contribution in [2.24, 2.45) is 5.92 Å². The van der Waals surface area contributed by atoms with Crippen LogP contribution >= 0.6 is 0 Å². The largest absolute Gasteiger partial charge is 0.372 e. The van der Waals surface area contributed by atoms with E-state index in [1.165, 1.54) is 43.4 Å². The summed E-state index contributed by atoms with van der Waals surface area (Å²) in [5, 5.41) is 3.09. The Kier molecular flexibility index (Phi) is 8.59. The zero-order valence-corrected chi connectivity index (χ0v) is 18.9. The van der Waals surface area contributed by atoms with Gasteiger partial charge in [-0.1, -0.05) is 44.2 Å². The number of amides is 2. The van der Waals surface area contributed by atoms with Crippen molar-refractivity contribution in [2.75, 3.05) is 31.1 Å². The van der Waals surface area contributed by atoms with Crippen LogP contribution in [0.2, 0.25) is 0 Å². The summed E-state index contributed by atoms with van der Waals surface area (Å²) in [4.78, 5) is 29.6. The summed E-state index contributed by atoms with van der Waals surface area (Å²) < 4.78 is 0. The van der Waals surface area contributed by atoms with Gasteiger partial charge in [0.25, 0.3) is 0 Å². The maximum absolute atomic E-state index is 12.7. The lowest BCUT2D eigenvalue weighted by Gasteiger charge is -2.29. The zero-order chi connectivity index (χ0) is 21.3. The van der Waals surface area contributed by atoms with Crippen LogP contribution in [0.25, 0.3) is 0 Å². The van der Waals surface area contributed by atoms with Crippen LogP contribution in [0.15, 0.2) is 24.3 Å². The van der Waals surface area contributed by atoms with Gasteiger partial charge in [-0.2, -0.15) is 0 Å². The average molecular weight is 414 g/mol. The highest BCUT2D eigenvalue weighted by Gasteiger charge is 2.37. The minimum atomic E-state index is -0.179. The molecule has 0 radical (unpaired) electrons. The quantitative estimate of drug-likeness (QED) is 0.647. The Morgan fingerprint density at radius 3 is 2.60 bits per heavy atom. The Morgan fingerprint density at radius 2 is 1.90 bits per heavy atom. The van der Waals surface area contributed by atoms with Crippen LogP contribution < -0.4 is 10.2 Å². The van der Waals surface area contributed by atoms with Gasteiger partial charge in [0.2, 0.25) is 11.8 Å². The van der Waals surface area contributed by atoms with Crippen LogP contribution in [0, 0.1) is 12.8 Å². The molecule has 30 heavy (non-hydrogen) atoms. The number of anilines is 1. The van der Waals surface area contributed by atoms with Crippen LogP contribution in [0.4, 0.5) is 5.69 Å². The van der Waals surface area contributed by atoms with E-state index in [0.29, 0.717) is 25.6 Å². The molecule has 2 amide bonds. The summed E-state index contributed by atoms with van der Waals surface area (Å²) in [5.74, 6) is 0.0506. The van der Waals surface area contributed by atoms with E-state index in [1.54, 1.807) is 0 Å². The number of carbonyl (C=O) groups is 2. The van der Waals surface area contributed by atoms with E-state index >= 15 is 0 Å². The molecule has 1 heterocycles. The highest BCUT2D eigenvalue weighted by Crippen LogP contribution is 2.27. The number of benzene rings is 1. The molecule has 0 aromatic heterocycles. The first-order valence-electron chi connectivity index (χ1n) is 12.0. The molecule has 1 atom stereocenters. The highest BCUT2D eigenvalue weighted by atomic mass is 16.2. The van der Waals surface area contributed by atoms with Crippen molar-refractivity contribution in [3.05, 3.63) is 29.8 Å². The molecule has 1 saturated heterocycles. The average Bonchev–Trinajstić information content (AvgIpc) is 3.09. The molecule has 1 aromatic rings. The lowest BCUT2D eigenvalue weighted by Crippen LogP contribution is -2.39. The molecule has 5 nitrogen and oxygen atoms in total. The lowest BCUT2D eigenvalue weighted by atomic mass is 9.96. The van der Waals surface area contributed by atoms with Gasteiger partial charge in [-0.25, -0.2) is 0 Å². The van der Waals surface area contributed by atoms with E-state index in [4.69, 9.17) is 0 Å². The second kappa shape index (κ2) is 11.4. The number of carbonyl (C=O) groups excluding carboxylic acids is 2. The summed E-state index contributed by atoms with van der Waals surface area (Å²) in [6, 6.07) is 8.90. The van der Waals surface area contributed by atoms with Crippen molar-refractivity contribution in [1.29, 1.82) is 0 Å². The van der Waals surface area contributed by atoms with Gasteiger partial charge in [0.15, 0.2) is 0 Å². The SMILES string of the molecule is CCN(CCCNC(=O)[C@H]1CC(=O)N(C2CCCCCCC2)C1)c1cccc(C)c1. The standard InChI is InChI=1S/C25H39N3O2/c1-3-27(23-14-9-11-20(2)17-23)16-10-15-26-25(30)21-18-24(29)28(19-21)22-12-7-5-4-6-8-13-22/h9,11,14,17,21-22H,3-8,10,12-13,15-16,18-19H2,1-2H3,(H,26,30)/t21-/m0/s1. The molecule has 1 saturated carbocycles. The summed E-state index contributed by atoms with van der Waals surface area (Å²) >= 11 is 0. The zero-order valence-electron chi connectivity index (χ0n) is 18.9. The Balaban J connectivity index is 1.42. The van der Waals surface area contributed by atoms with E-state index in [1.807, 2.05) is 4.90 Å². The molecular formula is C25H39N3O2. The molecule has 5 heteroatoms. The van der Waals surface area contributed by atoms with Crippen molar-refractivity contribution in [2.45, 2.75) is 77.7 Å². The van der Waals surface area contributed by atoms with E-state index in [0.717, 1.165) is 32.4 Å². The number of hydrogen-bond donors (Lipinski definition) is 1. The van der Waals surface area contributed by atoms with Crippen molar-refractivity contribution in [1.82, 2.24) is 10.2 Å². The number of nitrogens with one attached hydrogen (secondary N) is 1. The Bertz CT molecular complexity index is 697. The predicted octanol–water partition coefficient (Wildman–Crippen LogP) is 4.29. The topological polar surface area (TPSA) is 52.7 Å². The molecule has 0 spiro atoms. The molecule has 2 fully saturated rings. The molecule has 1 aliphatic heterocycles. The monoisotopic (exact) mass is 413 g/mol. The first-order valence-corrected chi connectivity index (χ1v) is 12.0. The van der Waals surface area contributed by atoms with E-state index in [-0.39, 0.29) is 17.7 Å². The second-order valence-electron chi connectivity index (χ2n) is 9.01. The van der Waals surface area contributed by atoms with Crippen molar-refractivity contribution < 1.29 is 9.59 Å². The molecule has 0 bridgehead atoms. The fourth-order valence-corrected chi connectivity index (χ4v) is 4.93. The van der Waals surface area contributed by atoms with E-state index in [9.17, 15) is 9.59 Å². The Hall–Kier alpha value is -2.04. The highest BCUT2D eigenvalue weighted by molar-refractivity contribution is 5.89. The molecule has 1 N–H and O–H groups in total. The molecular weight excluding hydrogens is 374 g/mol. The maximum atomic E-state index is 12.7. The first-order chi connectivity index (χ1) is 14.6. The van der Waals surface area contributed by atoms with Crippen LogP contribution in [0.5, 0.6) is 0 Å². The molecule has 2 aliphatic rings. The lowest BCUT2D eigenvalue weighted by molar-refractivity contribution is -0.130. The molecule has 166 valence electrons. The van der Waals surface area contributed by atoms with Crippen LogP contribution in [0.1, 0.15) is 70.3 Å². The van der Waals surface area contributed by atoms with Gasteiger partial charge in [-0.05, 0) is 50.8 Å². The molecule has 0 unspecified atom stereocenters. The number of nitrogens with zero attached hydrogens (tertiary/aromatic N) is 2. The fourth-order valence-electron chi connectivity index (χ4n) is 4.93. The van der Waals surface area contributed by atoms with Crippen LogP contribution in [-0.2, 0) is 9.59 Å². The summed E-state index contributed by atoms with van der Waals surface area (Å²) in [6.45, 7) is 7.41. The van der Waals surface area contributed by atoms with Crippen LogP contribution in [-0.4, -0.2) is 48.9 Å². The Morgan fingerprint density at radius 1 is 1.17 bits per heavy atom. The number of hydrogen-bond acceptors (Lipinski definition) is 3. The van der Waals surface area contributed by atoms with Crippen LogP contribution in [0.3, 0.4) is 0 Å². The molecule has 1 aliphatic carbocycles.